The van der Waals surface area contributed by atoms with Gasteiger partial charge in [-0.1, -0.05) is 88.7 Å². The number of carbonyl (C=O) groups excluding carboxylic acids is 1. The number of benzene rings is 3. The maximum atomic E-state index is 13.4. The smallest absolute Gasteiger partial charge is 0.174 e. The average Bonchev–Trinajstić information content (AvgIpc) is 2.71. The van der Waals surface area contributed by atoms with Crippen LogP contribution in [0.4, 0.5) is 0 Å². The van der Waals surface area contributed by atoms with Crippen LogP contribution in [0.3, 0.4) is 0 Å². The number of ketones is 1. The molecule has 0 saturated heterocycles. The van der Waals surface area contributed by atoms with Crippen molar-refractivity contribution in [1.29, 1.82) is 0 Å². The summed E-state index contributed by atoms with van der Waals surface area (Å²) in [6, 6.07) is 27.3. The predicted octanol–water partition coefficient (Wildman–Crippen LogP) is 6.01. The van der Waals surface area contributed by atoms with E-state index in [1.54, 1.807) is 6.20 Å². The minimum Gasteiger partial charge on any atom is -0.293 e. The molecule has 1 aromatic heterocycles. The molecule has 0 aliphatic rings. The Hall–Kier alpha value is -2.78. The molecule has 0 N–H and O–H groups in total. The van der Waals surface area contributed by atoms with Gasteiger partial charge in [0.2, 0.25) is 0 Å². The SMILES string of the molecule is O=C(c1ccccc1)[C@H](c1ccccc1)c1ccc(Br)c2cccnc12. The third kappa shape index (κ3) is 3.06. The molecule has 0 radical (unpaired) electrons. The molecule has 0 aliphatic carbocycles. The zero-order valence-corrected chi connectivity index (χ0v) is 15.6. The molecule has 0 fully saturated rings. The Morgan fingerprint density at radius 1 is 0.808 bits per heavy atom. The Labute approximate surface area is 160 Å². The summed E-state index contributed by atoms with van der Waals surface area (Å²) in [5.74, 6) is -0.324. The minimum absolute atomic E-state index is 0.0751. The number of aromatic nitrogens is 1. The van der Waals surface area contributed by atoms with Crippen molar-refractivity contribution >= 4 is 32.6 Å². The van der Waals surface area contributed by atoms with Crippen LogP contribution in [0.5, 0.6) is 0 Å². The van der Waals surface area contributed by atoms with Crippen LogP contribution in [-0.4, -0.2) is 10.8 Å². The second-order valence-corrected chi connectivity index (χ2v) is 6.96. The van der Waals surface area contributed by atoms with Gasteiger partial charge in [0.25, 0.3) is 0 Å². The van der Waals surface area contributed by atoms with Gasteiger partial charge >= 0.3 is 0 Å². The van der Waals surface area contributed by atoms with E-state index in [9.17, 15) is 4.79 Å². The van der Waals surface area contributed by atoms with Gasteiger partial charge in [0.05, 0.1) is 11.4 Å². The highest BCUT2D eigenvalue weighted by atomic mass is 79.9. The van der Waals surface area contributed by atoms with Crippen LogP contribution in [-0.2, 0) is 0 Å². The lowest BCUT2D eigenvalue weighted by atomic mass is 9.84. The van der Waals surface area contributed by atoms with Gasteiger partial charge in [-0.15, -0.1) is 0 Å². The number of Topliss-reactive ketones (excluding diaryl/α,β-unsaturated/α-hetero) is 1. The first-order chi connectivity index (χ1) is 12.8. The van der Waals surface area contributed by atoms with Crippen molar-refractivity contribution in [2.24, 2.45) is 0 Å². The highest BCUT2D eigenvalue weighted by Gasteiger charge is 2.26. The Morgan fingerprint density at radius 2 is 1.50 bits per heavy atom. The number of hydrogen-bond donors (Lipinski definition) is 0. The molecule has 4 aromatic rings. The Balaban J connectivity index is 1.96. The van der Waals surface area contributed by atoms with Crippen molar-refractivity contribution in [1.82, 2.24) is 4.98 Å². The average molecular weight is 402 g/mol. The molecule has 0 saturated carbocycles. The lowest BCUT2D eigenvalue weighted by Gasteiger charge is -2.19. The summed E-state index contributed by atoms with van der Waals surface area (Å²) >= 11 is 3.59. The van der Waals surface area contributed by atoms with Crippen molar-refractivity contribution in [3.63, 3.8) is 0 Å². The summed E-state index contributed by atoms with van der Waals surface area (Å²) in [6.07, 6.45) is 1.77. The monoisotopic (exact) mass is 401 g/mol. The number of fused-ring (bicyclic) bond motifs is 1. The molecule has 0 bridgehead atoms. The molecular formula is C23H16BrNO. The Kier molecular flexibility index (Phi) is 4.63. The number of carbonyl (C=O) groups is 1. The van der Waals surface area contributed by atoms with E-state index in [1.165, 1.54) is 0 Å². The summed E-state index contributed by atoms with van der Waals surface area (Å²) in [5.41, 5.74) is 3.44. The lowest BCUT2D eigenvalue weighted by molar-refractivity contribution is 0.0974. The van der Waals surface area contributed by atoms with Gasteiger partial charge in [-0.25, -0.2) is 0 Å². The normalized spacial score (nSPS) is 12.0. The quantitative estimate of drug-likeness (QED) is 0.391. The third-order valence-electron chi connectivity index (χ3n) is 4.51. The molecule has 1 atom stereocenters. The van der Waals surface area contributed by atoms with E-state index >= 15 is 0 Å². The van der Waals surface area contributed by atoms with Gasteiger partial charge in [0.15, 0.2) is 5.78 Å². The fraction of sp³-hybridized carbons (Fsp3) is 0.0435. The van der Waals surface area contributed by atoms with Gasteiger partial charge < -0.3 is 0 Å². The highest BCUT2D eigenvalue weighted by molar-refractivity contribution is 9.10. The highest BCUT2D eigenvalue weighted by Crippen LogP contribution is 2.35. The molecule has 0 amide bonds. The van der Waals surface area contributed by atoms with Crippen LogP contribution in [0.2, 0.25) is 0 Å². The fourth-order valence-corrected chi connectivity index (χ4v) is 3.73. The molecule has 26 heavy (non-hydrogen) atoms. The first-order valence-electron chi connectivity index (χ1n) is 8.43. The van der Waals surface area contributed by atoms with Crippen molar-refractivity contribution in [2.75, 3.05) is 0 Å². The van der Waals surface area contributed by atoms with Crippen LogP contribution in [0, 0.1) is 0 Å². The topological polar surface area (TPSA) is 30.0 Å². The van der Waals surface area contributed by atoms with E-state index in [0.29, 0.717) is 5.56 Å². The molecule has 2 nitrogen and oxygen atoms in total. The van der Waals surface area contributed by atoms with Crippen LogP contribution in [0.1, 0.15) is 27.4 Å². The maximum absolute atomic E-state index is 13.4. The summed E-state index contributed by atoms with van der Waals surface area (Å²) < 4.78 is 0.975. The molecule has 0 spiro atoms. The summed E-state index contributed by atoms with van der Waals surface area (Å²) in [6.45, 7) is 0. The summed E-state index contributed by atoms with van der Waals surface area (Å²) in [4.78, 5) is 18.0. The molecule has 126 valence electrons. The fourth-order valence-electron chi connectivity index (χ4n) is 3.28. The van der Waals surface area contributed by atoms with Crippen LogP contribution in [0.25, 0.3) is 10.9 Å². The minimum atomic E-state index is -0.399. The van der Waals surface area contributed by atoms with E-state index in [-0.39, 0.29) is 5.78 Å². The molecule has 0 unspecified atom stereocenters. The number of pyridine rings is 1. The van der Waals surface area contributed by atoms with E-state index in [2.05, 4.69) is 20.9 Å². The Morgan fingerprint density at radius 3 is 2.23 bits per heavy atom. The van der Waals surface area contributed by atoms with Gasteiger partial charge in [-0.2, -0.15) is 0 Å². The summed E-state index contributed by atoms with van der Waals surface area (Å²) in [7, 11) is 0. The molecule has 4 rings (SSSR count). The first kappa shape index (κ1) is 16.7. The van der Waals surface area contributed by atoms with Crippen LogP contribution >= 0.6 is 15.9 Å². The van der Waals surface area contributed by atoms with E-state index < -0.39 is 5.92 Å². The predicted molar refractivity (Wildman–Crippen MR) is 109 cm³/mol. The second-order valence-electron chi connectivity index (χ2n) is 6.11. The molecular weight excluding hydrogens is 386 g/mol. The lowest BCUT2D eigenvalue weighted by Crippen LogP contribution is -2.15. The molecule has 1 heterocycles. The van der Waals surface area contributed by atoms with E-state index in [0.717, 1.165) is 26.5 Å². The number of hydrogen-bond acceptors (Lipinski definition) is 2. The van der Waals surface area contributed by atoms with Crippen molar-refractivity contribution < 1.29 is 4.79 Å². The molecule has 0 aliphatic heterocycles. The number of halogens is 1. The van der Waals surface area contributed by atoms with Gasteiger partial charge in [-0.05, 0) is 23.3 Å². The van der Waals surface area contributed by atoms with E-state index in [1.807, 2.05) is 84.9 Å². The number of rotatable bonds is 4. The maximum Gasteiger partial charge on any atom is 0.174 e. The second kappa shape index (κ2) is 7.22. The van der Waals surface area contributed by atoms with Gasteiger partial charge in [0, 0.05) is 21.6 Å². The van der Waals surface area contributed by atoms with Crippen molar-refractivity contribution in [2.45, 2.75) is 5.92 Å². The van der Waals surface area contributed by atoms with Crippen molar-refractivity contribution in [3.8, 4) is 0 Å². The van der Waals surface area contributed by atoms with E-state index in [4.69, 9.17) is 0 Å². The van der Waals surface area contributed by atoms with Crippen LogP contribution in [0.15, 0.2) is 95.6 Å². The standard InChI is InChI=1S/C23H16BrNO/c24-20-14-13-19(22-18(20)12-7-15-25-22)21(16-8-3-1-4-9-16)23(26)17-10-5-2-6-11-17/h1-15,21H/t21-/m1/s1. The summed E-state index contributed by atoms with van der Waals surface area (Å²) in [5, 5.41) is 1.01. The van der Waals surface area contributed by atoms with Gasteiger partial charge in [0.1, 0.15) is 0 Å². The third-order valence-corrected chi connectivity index (χ3v) is 5.20. The van der Waals surface area contributed by atoms with Gasteiger partial charge in [-0.3, -0.25) is 9.78 Å². The van der Waals surface area contributed by atoms with Crippen molar-refractivity contribution in [3.05, 3.63) is 112 Å². The molecule has 3 aromatic carbocycles. The first-order valence-corrected chi connectivity index (χ1v) is 9.22. The zero-order chi connectivity index (χ0) is 17.9. The molecule has 3 heteroatoms. The number of nitrogens with zero attached hydrogens (tertiary/aromatic N) is 1. The zero-order valence-electron chi connectivity index (χ0n) is 14.0. The largest absolute Gasteiger partial charge is 0.293 e. The Bertz CT molecular complexity index is 1060. The van der Waals surface area contributed by atoms with Crippen LogP contribution < -0.4 is 0 Å².